The quantitative estimate of drug-likeness (QED) is 0.630. The standard InChI is InChI=1S/C12H24N2O/c1-3-8-13-9-10-14-11(15)12(4-2)6-5-7-12/h13H,3-10H2,1-2H3,(H,14,15). The first kappa shape index (κ1) is 12.5. The van der Waals surface area contributed by atoms with Gasteiger partial charge in [-0.25, -0.2) is 0 Å². The lowest BCUT2D eigenvalue weighted by Crippen LogP contribution is -2.46. The SMILES string of the molecule is CCCNCCNC(=O)C1(CC)CCC1. The molecule has 0 saturated heterocycles. The second-order valence-electron chi connectivity index (χ2n) is 4.49. The van der Waals surface area contributed by atoms with Crippen molar-refractivity contribution in [1.29, 1.82) is 0 Å². The van der Waals surface area contributed by atoms with Crippen LogP contribution in [0, 0.1) is 5.41 Å². The van der Waals surface area contributed by atoms with Gasteiger partial charge in [0.05, 0.1) is 0 Å². The Kier molecular flexibility index (Phi) is 5.09. The first-order valence-electron chi connectivity index (χ1n) is 6.24. The first-order valence-corrected chi connectivity index (χ1v) is 6.24. The molecule has 88 valence electrons. The van der Waals surface area contributed by atoms with Crippen molar-refractivity contribution in [3.8, 4) is 0 Å². The maximum Gasteiger partial charge on any atom is 0.226 e. The fraction of sp³-hybridized carbons (Fsp3) is 0.917. The molecular weight excluding hydrogens is 188 g/mol. The predicted octanol–water partition coefficient (Wildman–Crippen LogP) is 1.68. The molecule has 15 heavy (non-hydrogen) atoms. The summed E-state index contributed by atoms with van der Waals surface area (Å²) in [6.45, 7) is 6.95. The molecule has 1 rings (SSSR count). The minimum Gasteiger partial charge on any atom is -0.354 e. The Hall–Kier alpha value is -0.570. The van der Waals surface area contributed by atoms with Crippen LogP contribution in [0.3, 0.4) is 0 Å². The van der Waals surface area contributed by atoms with E-state index in [1.807, 2.05) is 0 Å². The summed E-state index contributed by atoms with van der Waals surface area (Å²) in [6.07, 6.45) is 5.51. The van der Waals surface area contributed by atoms with Gasteiger partial charge in [-0.3, -0.25) is 4.79 Å². The Morgan fingerprint density at radius 1 is 1.20 bits per heavy atom. The molecule has 0 aromatic rings. The summed E-state index contributed by atoms with van der Waals surface area (Å²) < 4.78 is 0. The number of hydrogen-bond acceptors (Lipinski definition) is 2. The summed E-state index contributed by atoms with van der Waals surface area (Å²) in [6, 6.07) is 0. The van der Waals surface area contributed by atoms with Crippen molar-refractivity contribution in [3.63, 3.8) is 0 Å². The molecule has 1 amide bonds. The molecule has 1 fully saturated rings. The van der Waals surface area contributed by atoms with Crippen LogP contribution in [0.15, 0.2) is 0 Å². The highest BCUT2D eigenvalue weighted by Gasteiger charge is 2.41. The van der Waals surface area contributed by atoms with E-state index in [1.54, 1.807) is 0 Å². The van der Waals surface area contributed by atoms with E-state index in [4.69, 9.17) is 0 Å². The zero-order valence-corrected chi connectivity index (χ0v) is 10.1. The molecule has 0 radical (unpaired) electrons. The molecule has 0 heterocycles. The van der Waals surface area contributed by atoms with E-state index in [0.717, 1.165) is 45.3 Å². The molecule has 2 N–H and O–H groups in total. The Morgan fingerprint density at radius 2 is 1.93 bits per heavy atom. The minimum absolute atomic E-state index is 0.00917. The van der Waals surface area contributed by atoms with Crippen molar-refractivity contribution in [3.05, 3.63) is 0 Å². The lowest BCUT2D eigenvalue weighted by atomic mass is 9.66. The summed E-state index contributed by atoms with van der Waals surface area (Å²) >= 11 is 0. The van der Waals surface area contributed by atoms with E-state index in [0.29, 0.717) is 0 Å². The van der Waals surface area contributed by atoms with E-state index in [2.05, 4.69) is 24.5 Å². The van der Waals surface area contributed by atoms with E-state index in [1.165, 1.54) is 6.42 Å². The van der Waals surface area contributed by atoms with Crippen LogP contribution in [0.25, 0.3) is 0 Å². The van der Waals surface area contributed by atoms with Gasteiger partial charge in [-0.2, -0.15) is 0 Å². The lowest BCUT2D eigenvalue weighted by molar-refractivity contribution is -0.136. The molecule has 0 aromatic heterocycles. The van der Waals surface area contributed by atoms with Crippen molar-refractivity contribution >= 4 is 5.91 Å². The van der Waals surface area contributed by atoms with Gasteiger partial charge >= 0.3 is 0 Å². The van der Waals surface area contributed by atoms with Gasteiger partial charge < -0.3 is 10.6 Å². The number of rotatable bonds is 7. The zero-order chi connectivity index (χ0) is 11.1. The zero-order valence-electron chi connectivity index (χ0n) is 10.1. The van der Waals surface area contributed by atoms with Crippen LogP contribution in [-0.4, -0.2) is 25.5 Å². The van der Waals surface area contributed by atoms with E-state index in [9.17, 15) is 4.79 Å². The van der Waals surface area contributed by atoms with Crippen molar-refractivity contribution in [2.75, 3.05) is 19.6 Å². The third-order valence-corrected chi connectivity index (χ3v) is 3.48. The lowest BCUT2D eigenvalue weighted by Gasteiger charge is -2.39. The van der Waals surface area contributed by atoms with Gasteiger partial charge in [-0.15, -0.1) is 0 Å². The molecule has 3 nitrogen and oxygen atoms in total. The van der Waals surface area contributed by atoms with Gasteiger partial charge in [0.25, 0.3) is 0 Å². The average molecular weight is 212 g/mol. The fourth-order valence-electron chi connectivity index (χ4n) is 2.10. The van der Waals surface area contributed by atoms with Crippen LogP contribution in [0.1, 0.15) is 46.0 Å². The fourth-order valence-corrected chi connectivity index (χ4v) is 2.10. The van der Waals surface area contributed by atoms with Crippen molar-refractivity contribution < 1.29 is 4.79 Å². The second-order valence-corrected chi connectivity index (χ2v) is 4.49. The summed E-state index contributed by atoms with van der Waals surface area (Å²) in [5, 5.41) is 6.32. The van der Waals surface area contributed by atoms with Gasteiger partial charge in [0.15, 0.2) is 0 Å². The molecule has 1 aliphatic rings. The third kappa shape index (κ3) is 3.20. The molecule has 0 aliphatic heterocycles. The maximum atomic E-state index is 11.9. The molecule has 0 spiro atoms. The molecule has 0 atom stereocenters. The predicted molar refractivity (Wildman–Crippen MR) is 62.7 cm³/mol. The largest absolute Gasteiger partial charge is 0.354 e. The van der Waals surface area contributed by atoms with Gasteiger partial charge in [0.2, 0.25) is 5.91 Å². The van der Waals surface area contributed by atoms with Gasteiger partial charge in [-0.05, 0) is 32.2 Å². The number of nitrogens with one attached hydrogen (secondary N) is 2. The number of hydrogen-bond donors (Lipinski definition) is 2. The Bertz CT molecular complexity index is 194. The van der Waals surface area contributed by atoms with Crippen molar-refractivity contribution in [2.45, 2.75) is 46.0 Å². The topological polar surface area (TPSA) is 41.1 Å². The summed E-state index contributed by atoms with van der Waals surface area (Å²) in [7, 11) is 0. The average Bonchev–Trinajstić information content (AvgIpc) is 2.17. The minimum atomic E-state index is -0.00917. The van der Waals surface area contributed by atoms with Crippen LogP contribution >= 0.6 is 0 Å². The van der Waals surface area contributed by atoms with Crippen LogP contribution in [0.5, 0.6) is 0 Å². The smallest absolute Gasteiger partial charge is 0.226 e. The molecule has 3 heteroatoms. The normalized spacial score (nSPS) is 18.3. The highest BCUT2D eigenvalue weighted by Crippen LogP contribution is 2.43. The van der Waals surface area contributed by atoms with Gasteiger partial charge in [0.1, 0.15) is 0 Å². The Balaban J connectivity index is 2.12. The molecule has 0 aromatic carbocycles. The van der Waals surface area contributed by atoms with E-state index < -0.39 is 0 Å². The summed E-state index contributed by atoms with van der Waals surface area (Å²) in [5.74, 6) is 0.273. The summed E-state index contributed by atoms with van der Waals surface area (Å²) in [4.78, 5) is 11.9. The van der Waals surface area contributed by atoms with Gasteiger partial charge in [0, 0.05) is 18.5 Å². The number of carbonyl (C=O) groups is 1. The number of amides is 1. The molecular formula is C12H24N2O. The van der Waals surface area contributed by atoms with E-state index in [-0.39, 0.29) is 11.3 Å². The van der Waals surface area contributed by atoms with Crippen LogP contribution < -0.4 is 10.6 Å². The Morgan fingerprint density at radius 3 is 2.40 bits per heavy atom. The number of carbonyl (C=O) groups excluding carboxylic acids is 1. The van der Waals surface area contributed by atoms with Crippen LogP contribution in [0.4, 0.5) is 0 Å². The summed E-state index contributed by atoms with van der Waals surface area (Å²) in [5.41, 5.74) is -0.00917. The van der Waals surface area contributed by atoms with Crippen LogP contribution in [-0.2, 0) is 4.79 Å². The molecule has 0 bridgehead atoms. The Labute approximate surface area is 93.0 Å². The van der Waals surface area contributed by atoms with Crippen molar-refractivity contribution in [1.82, 2.24) is 10.6 Å². The molecule has 1 saturated carbocycles. The second kappa shape index (κ2) is 6.11. The maximum absolute atomic E-state index is 11.9. The first-order chi connectivity index (χ1) is 7.25. The van der Waals surface area contributed by atoms with Gasteiger partial charge in [-0.1, -0.05) is 20.3 Å². The van der Waals surface area contributed by atoms with Crippen molar-refractivity contribution in [2.24, 2.45) is 5.41 Å². The molecule has 0 unspecified atom stereocenters. The van der Waals surface area contributed by atoms with Crippen LogP contribution in [0.2, 0.25) is 0 Å². The highest BCUT2D eigenvalue weighted by atomic mass is 16.2. The van der Waals surface area contributed by atoms with E-state index >= 15 is 0 Å². The highest BCUT2D eigenvalue weighted by molar-refractivity contribution is 5.83. The monoisotopic (exact) mass is 212 g/mol. The third-order valence-electron chi connectivity index (χ3n) is 3.48. The molecule has 1 aliphatic carbocycles.